The molecule has 98 valence electrons. The number of nitrogens with zero attached hydrogens (tertiary/aromatic N) is 1. The Balaban J connectivity index is 1.88. The van der Waals surface area contributed by atoms with E-state index in [0.29, 0.717) is 13.1 Å². The molecule has 4 nitrogen and oxygen atoms in total. The van der Waals surface area contributed by atoms with Gasteiger partial charge in [0.25, 0.3) is 0 Å². The van der Waals surface area contributed by atoms with Gasteiger partial charge < -0.3 is 9.94 Å². The van der Waals surface area contributed by atoms with Gasteiger partial charge in [0.2, 0.25) is 0 Å². The van der Waals surface area contributed by atoms with Crippen LogP contribution in [0.4, 0.5) is 0 Å². The number of hydrogen-bond acceptors (Lipinski definition) is 4. The SMILES string of the molecule is CC(=O)ON1CCC(Cc2ccccc2)C(O)C1. The highest BCUT2D eigenvalue weighted by Gasteiger charge is 2.29. The number of aliphatic hydroxyl groups excluding tert-OH is 1. The highest BCUT2D eigenvalue weighted by atomic mass is 16.7. The highest BCUT2D eigenvalue weighted by molar-refractivity contribution is 5.65. The number of aliphatic hydroxyl groups is 1. The van der Waals surface area contributed by atoms with Gasteiger partial charge in [0.1, 0.15) is 0 Å². The molecule has 1 aromatic rings. The molecule has 0 saturated carbocycles. The minimum Gasteiger partial charge on any atom is -0.391 e. The van der Waals surface area contributed by atoms with E-state index in [0.717, 1.165) is 12.8 Å². The van der Waals surface area contributed by atoms with Crippen molar-refractivity contribution < 1.29 is 14.7 Å². The Kier molecular flexibility index (Phi) is 4.33. The smallest absolute Gasteiger partial charge is 0.322 e. The summed E-state index contributed by atoms with van der Waals surface area (Å²) in [7, 11) is 0. The molecule has 2 rings (SSSR count). The zero-order valence-corrected chi connectivity index (χ0v) is 10.6. The van der Waals surface area contributed by atoms with Crippen molar-refractivity contribution in [2.75, 3.05) is 13.1 Å². The molecule has 0 aliphatic carbocycles. The van der Waals surface area contributed by atoms with Gasteiger partial charge in [-0.2, -0.15) is 0 Å². The fourth-order valence-electron chi connectivity index (χ4n) is 2.37. The number of rotatable bonds is 3. The second-order valence-corrected chi connectivity index (χ2v) is 4.78. The Morgan fingerprint density at radius 1 is 1.44 bits per heavy atom. The first-order chi connectivity index (χ1) is 8.65. The number of hydrogen-bond donors (Lipinski definition) is 1. The van der Waals surface area contributed by atoms with E-state index in [1.54, 1.807) is 5.06 Å². The molecule has 18 heavy (non-hydrogen) atoms. The van der Waals surface area contributed by atoms with E-state index in [9.17, 15) is 9.90 Å². The van der Waals surface area contributed by atoms with Crippen molar-refractivity contribution in [3.63, 3.8) is 0 Å². The van der Waals surface area contributed by atoms with E-state index < -0.39 is 6.10 Å². The van der Waals surface area contributed by atoms with Gasteiger partial charge in [0.05, 0.1) is 12.6 Å². The van der Waals surface area contributed by atoms with Gasteiger partial charge in [0, 0.05) is 13.5 Å². The molecule has 1 aromatic carbocycles. The van der Waals surface area contributed by atoms with Crippen LogP contribution in [0.3, 0.4) is 0 Å². The van der Waals surface area contributed by atoms with E-state index >= 15 is 0 Å². The van der Waals surface area contributed by atoms with E-state index in [1.165, 1.54) is 12.5 Å². The van der Waals surface area contributed by atoms with Crippen molar-refractivity contribution in [2.45, 2.75) is 25.9 Å². The van der Waals surface area contributed by atoms with Gasteiger partial charge >= 0.3 is 5.97 Å². The van der Waals surface area contributed by atoms with Crippen LogP contribution in [0.5, 0.6) is 0 Å². The average Bonchev–Trinajstić information content (AvgIpc) is 2.33. The van der Waals surface area contributed by atoms with Crippen LogP contribution in [0.1, 0.15) is 18.9 Å². The van der Waals surface area contributed by atoms with Crippen molar-refractivity contribution in [1.29, 1.82) is 0 Å². The molecule has 0 bridgehead atoms. The molecule has 2 unspecified atom stereocenters. The van der Waals surface area contributed by atoms with Gasteiger partial charge in [-0.05, 0) is 24.3 Å². The third-order valence-corrected chi connectivity index (χ3v) is 3.28. The van der Waals surface area contributed by atoms with E-state index in [1.807, 2.05) is 18.2 Å². The number of carbonyl (C=O) groups excluding carboxylic acids is 1. The molecule has 1 aliphatic heterocycles. The quantitative estimate of drug-likeness (QED) is 0.879. The number of benzene rings is 1. The minimum absolute atomic E-state index is 0.235. The summed E-state index contributed by atoms with van der Waals surface area (Å²) in [5.41, 5.74) is 1.24. The van der Waals surface area contributed by atoms with Crippen LogP contribution in [0, 0.1) is 5.92 Å². The van der Waals surface area contributed by atoms with Gasteiger partial charge in [0.15, 0.2) is 0 Å². The molecule has 2 atom stereocenters. The zero-order chi connectivity index (χ0) is 13.0. The van der Waals surface area contributed by atoms with Gasteiger partial charge in [-0.15, -0.1) is 5.06 Å². The van der Waals surface area contributed by atoms with Crippen molar-refractivity contribution >= 4 is 5.97 Å². The summed E-state index contributed by atoms with van der Waals surface area (Å²) in [4.78, 5) is 15.8. The van der Waals surface area contributed by atoms with Crippen LogP contribution in [0.15, 0.2) is 30.3 Å². The second-order valence-electron chi connectivity index (χ2n) is 4.78. The summed E-state index contributed by atoms with van der Waals surface area (Å²) in [6, 6.07) is 10.2. The standard InChI is InChI=1S/C14H19NO3/c1-11(16)18-15-8-7-13(14(17)10-15)9-12-5-3-2-4-6-12/h2-6,13-14,17H,7-10H2,1H3. The van der Waals surface area contributed by atoms with Crippen LogP contribution in [-0.4, -0.2) is 35.3 Å². The van der Waals surface area contributed by atoms with Crippen LogP contribution >= 0.6 is 0 Å². The summed E-state index contributed by atoms with van der Waals surface area (Å²) in [5, 5.41) is 11.6. The predicted octanol–water partition coefficient (Wildman–Crippen LogP) is 1.39. The largest absolute Gasteiger partial charge is 0.391 e. The molecular weight excluding hydrogens is 230 g/mol. The fourth-order valence-corrected chi connectivity index (χ4v) is 2.37. The highest BCUT2D eigenvalue weighted by Crippen LogP contribution is 2.22. The molecule has 1 heterocycles. The number of piperidine rings is 1. The summed E-state index contributed by atoms with van der Waals surface area (Å²) in [6.07, 6.45) is 1.26. The second kappa shape index (κ2) is 5.98. The maximum Gasteiger partial charge on any atom is 0.322 e. The summed E-state index contributed by atoms with van der Waals surface area (Å²) in [6.45, 7) is 2.47. The molecule has 0 amide bonds. The lowest BCUT2D eigenvalue weighted by Gasteiger charge is -2.34. The molecule has 0 radical (unpaired) electrons. The monoisotopic (exact) mass is 249 g/mol. The van der Waals surface area contributed by atoms with Gasteiger partial charge in [-0.25, -0.2) is 0 Å². The third kappa shape index (κ3) is 3.55. The first-order valence-electron chi connectivity index (χ1n) is 6.30. The Hall–Kier alpha value is -1.39. The van der Waals surface area contributed by atoms with Gasteiger partial charge in [-0.3, -0.25) is 4.79 Å². The Labute approximate surface area is 107 Å². The number of β-amino-alcohol motifs (C(OH)–C–C–N with tert-alkyl or cyclic N) is 1. The minimum atomic E-state index is -0.446. The van der Waals surface area contributed by atoms with E-state index in [4.69, 9.17) is 4.84 Å². The normalized spacial score (nSPS) is 24.8. The lowest BCUT2D eigenvalue weighted by atomic mass is 9.88. The molecule has 0 aromatic heterocycles. The van der Waals surface area contributed by atoms with Crippen LogP contribution < -0.4 is 0 Å². The number of carbonyl (C=O) groups is 1. The molecule has 4 heteroatoms. The first-order valence-corrected chi connectivity index (χ1v) is 6.30. The van der Waals surface area contributed by atoms with Crippen LogP contribution in [-0.2, 0) is 16.1 Å². The molecule has 1 aliphatic rings. The maximum atomic E-state index is 10.8. The van der Waals surface area contributed by atoms with Crippen molar-refractivity contribution in [3.05, 3.63) is 35.9 Å². The fraction of sp³-hybridized carbons (Fsp3) is 0.500. The molecular formula is C14H19NO3. The van der Waals surface area contributed by atoms with Crippen molar-refractivity contribution in [2.24, 2.45) is 5.92 Å². The predicted molar refractivity (Wildman–Crippen MR) is 67.6 cm³/mol. The average molecular weight is 249 g/mol. The lowest BCUT2D eigenvalue weighted by molar-refractivity contribution is -0.204. The summed E-state index contributed by atoms with van der Waals surface area (Å²) >= 11 is 0. The van der Waals surface area contributed by atoms with Crippen LogP contribution in [0.25, 0.3) is 0 Å². The van der Waals surface area contributed by atoms with E-state index in [-0.39, 0.29) is 11.9 Å². The lowest BCUT2D eigenvalue weighted by Crippen LogP contribution is -2.45. The van der Waals surface area contributed by atoms with Crippen molar-refractivity contribution in [1.82, 2.24) is 5.06 Å². The first kappa shape index (κ1) is 13.1. The van der Waals surface area contributed by atoms with Crippen LogP contribution in [0.2, 0.25) is 0 Å². The Bertz CT molecular complexity index is 393. The van der Waals surface area contributed by atoms with Crippen molar-refractivity contribution in [3.8, 4) is 0 Å². The molecule has 0 spiro atoms. The van der Waals surface area contributed by atoms with E-state index in [2.05, 4.69) is 12.1 Å². The summed E-state index contributed by atoms with van der Waals surface area (Å²) < 4.78 is 0. The molecule has 1 N–H and O–H groups in total. The third-order valence-electron chi connectivity index (χ3n) is 3.28. The maximum absolute atomic E-state index is 10.8. The number of hydroxylamine groups is 2. The Morgan fingerprint density at radius 3 is 2.78 bits per heavy atom. The zero-order valence-electron chi connectivity index (χ0n) is 10.6. The topological polar surface area (TPSA) is 49.8 Å². The summed E-state index contributed by atoms with van der Waals surface area (Å²) in [5.74, 6) is -0.0945. The molecule has 1 fully saturated rings. The molecule has 1 saturated heterocycles. The van der Waals surface area contributed by atoms with Gasteiger partial charge in [-0.1, -0.05) is 30.3 Å². The Morgan fingerprint density at radius 2 is 2.17 bits per heavy atom.